The van der Waals surface area contributed by atoms with Crippen LogP contribution < -0.4 is 5.32 Å². The second-order valence-corrected chi connectivity index (χ2v) is 10.1. The van der Waals surface area contributed by atoms with Gasteiger partial charge in [0.05, 0.1) is 32.7 Å². The molecule has 42 heavy (non-hydrogen) atoms. The number of aliphatic carboxylic acids is 2. The summed E-state index contributed by atoms with van der Waals surface area (Å²) in [4.78, 5) is 34.7. The van der Waals surface area contributed by atoms with Gasteiger partial charge >= 0.3 is 24.3 Å². The number of thiazole rings is 1. The Morgan fingerprint density at radius 3 is 2.14 bits per heavy atom. The first-order chi connectivity index (χ1) is 19.4. The Balaban J connectivity index is 0.000000289. The number of carboxylic acid groups (broad SMARTS) is 2. The molecular weight excluding hydrogens is 628 g/mol. The number of benzene rings is 2. The van der Waals surface area contributed by atoms with Crippen molar-refractivity contribution >= 4 is 67.2 Å². The van der Waals surface area contributed by atoms with E-state index in [0.717, 1.165) is 26.7 Å². The van der Waals surface area contributed by atoms with Gasteiger partial charge in [0.2, 0.25) is 5.91 Å². The standard InChI is InChI=1S/C19H14F2N4OS2.2C2HF3O2/c1-27-17-12(21)6-14-10(7-22-25-14)16(17)8-2-3-13-15(4-8)28-19(23-13)24-18(26)9-5-11(9)20;2*3-2(4,5)1(6)7/h2-4,6-7,9,11H,5H2,1H3,(H,22,25)(H,23,24,26);2*(H,6,7)/t9-,11+;;/m1../s1. The maximum Gasteiger partial charge on any atom is 0.490 e. The summed E-state index contributed by atoms with van der Waals surface area (Å²) in [5, 5.41) is 25.1. The van der Waals surface area contributed by atoms with Crippen LogP contribution in [0.4, 0.5) is 40.3 Å². The number of hydrogen-bond acceptors (Lipinski definition) is 7. The van der Waals surface area contributed by atoms with Crippen LogP contribution in [-0.4, -0.2) is 68.0 Å². The molecule has 0 unspecified atom stereocenters. The molecule has 19 heteroatoms. The zero-order valence-electron chi connectivity index (χ0n) is 20.6. The average Bonchev–Trinajstić information content (AvgIpc) is 3.25. The number of fused-ring (bicyclic) bond motifs is 2. The predicted molar refractivity (Wildman–Crippen MR) is 135 cm³/mol. The molecule has 0 radical (unpaired) electrons. The molecule has 2 atom stereocenters. The Morgan fingerprint density at radius 1 is 1.07 bits per heavy atom. The number of rotatable bonds is 4. The van der Waals surface area contributed by atoms with Crippen molar-refractivity contribution in [1.82, 2.24) is 15.2 Å². The number of anilines is 1. The molecule has 1 amide bonds. The van der Waals surface area contributed by atoms with Crippen molar-refractivity contribution in [1.29, 1.82) is 0 Å². The summed E-state index contributed by atoms with van der Waals surface area (Å²) in [5.41, 5.74) is 2.97. The number of aromatic nitrogens is 3. The SMILES string of the molecule is CSc1c(F)cc2[nH]ncc2c1-c1ccc2nc(NC(=O)[C@@H]3C[C@@H]3F)sc2c1.O=C(O)C(F)(F)F.O=C(O)C(F)(F)F. The number of halogens is 8. The van der Waals surface area contributed by atoms with Crippen LogP contribution in [0.3, 0.4) is 0 Å². The minimum atomic E-state index is -5.08. The molecule has 9 nitrogen and oxygen atoms in total. The van der Waals surface area contributed by atoms with Crippen molar-refractivity contribution in [2.75, 3.05) is 11.6 Å². The van der Waals surface area contributed by atoms with Crippen molar-refractivity contribution < 1.29 is 59.7 Å². The van der Waals surface area contributed by atoms with E-state index in [1.165, 1.54) is 29.2 Å². The molecular formula is C23H16F8N4O5S2. The van der Waals surface area contributed by atoms with Gasteiger partial charge in [-0.2, -0.15) is 31.4 Å². The summed E-state index contributed by atoms with van der Waals surface area (Å²) in [5.74, 6) is -6.71. The number of hydrogen-bond donors (Lipinski definition) is 4. The van der Waals surface area contributed by atoms with Gasteiger partial charge in [-0.1, -0.05) is 17.4 Å². The highest BCUT2D eigenvalue weighted by molar-refractivity contribution is 7.98. The number of nitrogens with zero attached hydrogens (tertiary/aromatic N) is 2. The van der Waals surface area contributed by atoms with E-state index < -0.39 is 36.4 Å². The highest BCUT2D eigenvalue weighted by Crippen LogP contribution is 2.41. The van der Waals surface area contributed by atoms with Crippen LogP contribution >= 0.6 is 23.1 Å². The minimum Gasteiger partial charge on any atom is -0.475 e. The highest BCUT2D eigenvalue weighted by Gasteiger charge is 2.44. The van der Waals surface area contributed by atoms with E-state index in [9.17, 15) is 39.9 Å². The fourth-order valence-corrected chi connectivity index (χ4v) is 4.89. The molecule has 1 saturated carbocycles. The van der Waals surface area contributed by atoms with E-state index in [1.54, 1.807) is 6.20 Å². The third-order valence-corrected chi connectivity index (χ3v) is 7.04. The first-order valence-electron chi connectivity index (χ1n) is 11.1. The van der Waals surface area contributed by atoms with Gasteiger partial charge in [-0.3, -0.25) is 9.89 Å². The molecule has 4 aromatic rings. The average molecular weight is 645 g/mol. The second kappa shape index (κ2) is 12.5. The summed E-state index contributed by atoms with van der Waals surface area (Å²) in [6, 6.07) is 7.10. The molecule has 1 aliphatic rings. The smallest absolute Gasteiger partial charge is 0.475 e. The molecule has 1 fully saturated rings. The Kier molecular flexibility index (Phi) is 9.66. The van der Waals surface area contributed by atoms with E-state index in [4.69, 9.17) is 19.8 Å². The van der Waals surface area contributed by atoms with Gasteiger partial charge in [-0.05, 0) is 30.4 Å². The number of carboxylic acids is 2. The zero-order chi connectivity index (χ0) is 31.6. The van der Waals surface area contributed by atoms with Crippen LogP contribution in [0.1, 0.15) is 6.42 Å². The van der Waals surface area contributed by atoms with Gasteiger partial charge in [0, 0.05) is 17.0 Å². The number of amides is 1. The van der Waals surface area contributed by atoms with Gasteiger partial charge in [-0.15, -0.1) is 11.8 Å². The third-order valence-electron chi connectivity index (χ3n) is 5.30. The van der Waals surface area contributed by atoms with Crippen LogP contribution in [0.5, 0.6) is 0 Å². The number of H-pyrrole nitrogens is 1. The van der Waals surface area contributed by atoms with Crippen molar-refractivity contribution in [3.63, 3.8) is 0 Å². The monoisotopic (exact) mass is 644 g/mol. The van der Waals surface area contributed by atoms with E-state index in [2.05, 4.69) is 20.5 Å². The number of aromatic amines is 1. The summed E-state index contributed by atoms with van der Waals surface area (Å²) in [7, 11) is 0. The normalized spacial score (nSPS) is 16.2. The molecule has 2 heterocycles. The van der Waals surface area contributed by atoms with E-state index in [1.807, 2.05) is 24.5 Å². The summed E-state index contributed by atoms with van der Waals surface area (Å²) in [6.07, 6.45) is -7.41. The maximum atomic E-state index is 14.6. The van der Waals surface area contributed by atoms with Gasteiger partial charge in [0.15, 0.2) is 5.13 Å². The molecule has 2 aromatic carbocycles. The number of nitrogens with one attached hydrogen (secondary N) is 2. The zero-order valence-corrected chi connectivity index (χ0v) is 22.2. The number of thioether (sulfide) groups is 1. The number of carbonyl (C=O) groups excluding carboxylic acids is 1. The summed E-state index contributed by atoms with van der Waals surface area (Å²) in [6.45, 7) is 0. The number of carbonyl (C=O) groups is 3. The molecule has 226 valence electrons. The first-order valence-corrected chi connectivity index (χ1v) is 13.1. The van der Waals surface area contributed by atoms with Crippen LogP contribution in [0.15, 0.2) is 35.4 Å². The highest BCUT2D eigenvalue weighted by atomic mass is 32.2. The summed E-state index contributed by atoms with van der Waals surface area (Å²) >= 11 is 2.66. The van der Waals surface area contributed by atoms with Crippen molar-refractivity contribution in [2.45, 2.75) is 29.8 Å². The van der Waals surface area contributed by atoms with Gasteiger partial charge in [0.25, 0.3) is 0 Å². The van der Waals surface area contributed by atoms with Gasteiger partial charge in [-0.25, -0.2) is 23.4 Å². The molecule has 0 spiro atoms. The molecule has 2 aromatic heterocycles. The van der Waals surface area contributed by atoms with Crippen LogP contribution in [0.2, 0.25) is 0 Å². The van der Waals surface area contributed by atoms with E-state index in [0.29, 0.717) is 15.5 Å². The van der Waals surface area contributed by atoms with Gasteiger partial charge in [0.1, 0.15) is 12.0 Å². The molecule has 0 saturated heterocycles. The molecule has 5 rings (SSSR count). The summed E-state index contributed by atoms with van der Waals surface area (Å²) < 4.78 is 91.9. The molecule has 4 N–H and O–H groups in total. The van der Waals surface area contributed by atoms with Gasteiger partial charge < -0.3 is 15.5 Å². The van der Waals surface area contributed by atoms with Crippen LogP contribution in [0, 0.1) is 11.7 Å². The predicted octanol–water partition coefficient (Wildman–Crippen LogP) is 6.26. The molecule has 0 bridgehead atoms. The maximum absolute atomic E-state index is 14.6. The molecule has 0 aliphatic heterocycles. The topological polar surface area (TPSA) is 145 Å². The van der Waals surface area contributed by atoms with E-state index in [-0.39, 0.29) is 18.1 Å². The molecule has 1 aliphatic carbocycles. The van der Waals surface area contributed by atoms with E-state index >= 15 is 0 Å². The lowest BCUT2D eigenvalue weighted by molar-refractivity contribution is -0.193. The lowest BCUT2D eigenvalue weighted by atomic mass is 10.0. The lowest BCUT2D eigenvalue weighted by Gasteiger charge is -2.10. The Labute approximate surface area is 236 Å². The van der Waals surface area contributed by atoms with Crippen molar-refractivity contribution in [3.8, 4) is 11.1 Å². The van der Waals surface area contributed by atoms with Crippen molar-refractivity contribution in [2.24, 2.45) is 5.92 Å². The first kappa shape index (κ1) is 32.5. The van der Waals surface area contributed by atoms with Crippen LogP contribution in [-0.2, 0) is 14.4 Å². The Bertz CT molecular complexity index is 1610. The fourth-order valence-electron chi connectivity index (χ4n) is 3.29. The Hall–Kier alpha value is -4.00. The quantitative estimate of drug-likeness (QED) is 0.150. The fraction of sp³-hybridized carbons (Fsp3) is 0.261. The minimum absolute atomic E-state index is 0.276. The largest absolute Gasteiger partial charge is 0.490 e. The van der Waals surface area contributed by atoms with Crippen LogP contribution in [0.25, 0.3) is 32.2 Å². The lowest BCUT2D eigenvalue weighted by Crippen LogP contribution is -2.21. The van der Waals surface area contributed by atoms with Crippen molar-refractivity contribution in [3.05, 3.63) is 36.3 Å². The number of alkyl halides is 7. The third kappa shape index (κ3) is 7.84. The Morgan fingerprint density at radius 2 is 1.64 bits per heavy atom. The second-order valence-electron chi connectivity index (χ2n) is 8.25.